The van der Waals surface area contributed by atoms with Crippen molar-refractivity contribution < 1.29 is 9.90 Å². The second-order valence-electron chi connectivity index (χ2n) is 4.74. The quantitative estimate of drug-likeness (QED) is 0.821. The second kappa shape index (κ2) is 6.02. The van der Waals surface area contributed by atoms with Gasteiger partial charge in [0.25, 0.3) is 5.91 Å². The standard InChI is InChI=1S/C13H21N3O2/c1-2-11(17)10-15-6-8-16(9-7-15)13(18)12-4-3-5-14-12/h3-5,11,14,17H,2,6-10H2,1H3/t11-/m1/s1. The van der Waals surface area contributed by atoms with Crippen LogP contribution in [0.5, 0.6) is 0 Å². The van der Waals surface area contributed by atoms with Crippen LogP contribution in [0.1, 0.15) is 23.8 Å². The van der Waals surface area contributed by atoms with E-state index in [0.717, 1.165) is 32.6 Å². The molecule has 1 aromatic heterocycles. The molecule has 1 aliphatic heterocycles. The fourth-order valence-electron chi connectivity index (χ4n) is 2.19. The van der Waals surface area contributed by atoms with Crippen molar-refractivity contribution in [3.8, 4) is 0 Å². The summed E-state index contributed by atoms with van der Waals surface area (Å²) in [6, 6.07) is 3.64. The number of nitrogens with zero attached hydrogens (tertiary/aromatic N) is 2. The highest BCUT2D eigenvalue weighted by Gasteiger charge is 2.23. The molecule has 100 valence electrons. The van der Waals surface area contributed by atoms with E-state index in [-0.39, 0.29) is 12.0 Å². The summed E-state index contributed by atoms with van der Waals surface area (Å²) in [5.41, 5.74) is 0.650. The van der Waals surface area contributed by atoms with Crippen molar-refractivity contribution in [2.24, 2.45) is 0 Å². The van der Waals surface area contributed by atoms with Crippen molar-refractivity contribution in [2.45, 2.75) is 19.4 Å². The van der Waals surface area contributed by atoms with Gasteiger partial charge in [0.2, 0.25) is 0 Å². The molecule has 0 aliphatic carbocycles. The zero-order valence-electron chi connectivity index (χ0n) is 10.8. The number of aliphatic hydroxyl groups excluding tert-OH is 1. The third-order valence-corrected chi connectivity index (χ3v) is 3.43. The molecule has 1 aliphatic rings. The first-order valence-electron chi connectivity index (χ1n) is 6.53. The van der Waals surface area contributed by atoms with E-state index in [0.29, 0.717) is 12.2 Å². The number of nitrogens with one attached hydrogen (secondary N) is 1. The number of H-pyrrole nitrogens is 1. The molecule has 1 amide bonds. The van der Waals surface area contributed by atoms with Crippen molar-refractivity contribution in [1.29, 1.82) is 0 Å². The highest BCUT2D eigenvalue weighted by molar-refractivity contribution is 5.92. The molecule has 1 aromatic rings. The van der Waals surface area contributed by atoms with Crippen LogP contribution in [-0.2, 0) is 0 Å². The number of aromatic amines is 1. The molecule has 0 spiro atoms. The third-order valence-electron chi connectivity index (χ3n) is 3.43. The zero-order valence-corrected chi connectivity index (χ0v) is 10.8. The van der Waals surface area contributed by atoms with Crippen molar-refractivity contribution in [1.82, 2.24) is 14.8 Å². The van der Waals surface area contributed by atoms with Crippen LogP contribution in [0.4, 0.5) is 0 Å². The average molecular weight is 251 g/mol. The number of hydrogen-bond acceptors (Lipinski definition) is 3. The van der Waals surface area contributed by atoms with E-state index in [9.17, 15) is 9.90 Å². The monoisotopic (exact) mass is 251 g/mol. The van der Waals surface area contributed by atoms with Crippen LogP contribution in [0, 0.1) is 0 Å². The van der Waals surface area contributed by atoms with Gasteiger partial charge in [-0.2, -0.15) is 0 Å². The Kier molecular flexibility index (Phi) is 4.38. The summed E-state index contributed by atoms with van der Waals surface area (Å²) in [5.74, 6) is 0.0655. The van der Waals surface area contributed by atoms with Crippen molar-refractivity contribution in [3.05, 3.63) is 24.0 Å². The number of carbonyl (C=O) groups excluding carboxylic acids is 1. The Morgan fingerprint density at radius 2 is 2.17 bits per heavy atom. The fourth-order valence-corrected chi connectivity index (χ4v) is 2.19. The van der Waals surface area contributed by atoms with E-state index in [1.54, 1.807) is 12.3 Å². The van der Waals surface area contributed by atoms with E-state index < -0.39 is 0 Å². The maximum absolute atomic E-state index is 12.1. The molecule has 2 heterocycles. The van der Waals surface area contributed by atoms with Gasteiger partial charge in [-0.3, -0.25) is 9.69 Å². The maximum atomic E-state index is 12.1. The van der Waals surface area contributed by atoms with Gasteiger partial charge in [0, 0.05) is 38.9 Å². The first kappa shape index (κ1) is 13.1. The van der Waals surface area contributed by atoms with Crippen LogP contribution >= 0.6 is 0 Å². The Labute approximate surface area is 107 Å². The molecular formula is C13H21N3O2. The minimum atomic E-state index is -0.254. The lowest BCUT2D eigenvalue weighted by Gasteiger charge is -2.35. The molecule has 1 atom stereocenters. The topological polar surface area (TPSA) is 59.6 Å². The largest absolute Gasteiger partial charge is 0.392 e. The molecule has 0 saturated carbocycles. The molecule has 1 saturated heterocycles. The normalized spacial score (nSPS) is 18.9. The van der Waals surface area contributed by atoms with Crippen LogP contribution in [0.2, 0.25) is 0 Å². The summed E-state index contributed by atoms with van der Waals surface area (Å²) >= 11 is 0. The van der Waals surface area contributed by atoms with Gasteiger partial charge < -0.3 is 15.0 Å². The number of rotatable bonds is 4. The highest BCUT2D eigenvalue weighted by Crippen LogP contribution is 2.08. The molecule has 0 aromatic carbocycles. The van der Waals surface area contributed by atoms with E-state index in [1.807, 2.05) is 17.9 Å². The number of amides is 1. The second-order valence-corrected chi connectivity index (χ2v) is 4.74. The Morgan fingerprint density at radius 1 is 1.44 bits per heavy atom. The minimum absolute atomic E-state index is 0.0655. The molecular weight excluding hydrogens is 230 g/mol. The van der Waals surface area contributed by atoms with Crippen LogP contribution in [-0.4, -0.2) is 64.6 Å². The van der Waals surface area contributed by atoms with E-state index in [2.05, 4.69) is 9.88 Å². The van der Waals surface area contributed by atoms with Crippen molar-refractivity contribution >= 4 is 5.91 Å². The van der Waals surface area contributed by atoms with Gasteiger partial charge in [-0.05, 0) is 18.6 Å². The Bertz CT molecular complexity index is 370. The van der Waals surface area contributed by atoms with E-state index in [4.69, 9.17) is 0 Å². The van der Waals surface area contributed by atoms with Crippen LogP contribution < -0.4 is 0 Å². The van der Waals surface area contributed by atoms with Crippen LogP contribution in [0.15, 0.2) is 18.3 Å². The van der Waals surface area contributed by atoms with Gasteiger partial charge in [-0.25, -0.2) is 0 Å². The van der Waals surface area contributed by atoms with Gasteiger partial charge in [-0.1, -0.05) is 6.92 Å². The summed E-state index contributed by atoms with van der Waals surface area (Å²) in [6.07, 6.45) is 2.29. The predicted molar refractivity (Wildman–Crippen MR) is 69.4 cm³/mol. The van der Waals surface area contributed by atoms with Crippen LogP contribution in [0.25, 0.3) is 0 Å². The van der Waals surface area contributed by atoms with Gasteiger partial charge in [0.05, 0.1) is 6.10 Å². The number of aliphatic hydroxyl groups is 1. The summed E-state index contributed by atoms with van der Waals surface area (Å²) in [7, 11) is 0. The molecule has 2 rings (SSSR count). The fraction of sp³-hybridized carbons (Fsp3) is 0.615. The molecule has 18 heavy (non-hydrogen) atoms. The molecule has 5 nitrogen and oxygen atoms in total. The Hall–Kier alpha value is -1.33. The SMILES string of the molecule is CC[C@@H](O)CN1CCN(C(=O)c2ccc[nH]2)CC1. The lowest BCUT2D eigenvalue weighted by molar-refractivity contribution is 0.0520. The Balaban J connectivity index is 1.81. The predicted octanol–water partition coefficient (Wildman–Crippen LogP) is 0.543. The zero-order chi connectivity index (χ0) is 13.0. The summed E-state index contributed by atoms with van der Waals surface area (Å²) in [4.78, 5) is 19.1. The number of carbonyl (C=O) groups is 1. The lowest BCUT2D eigenvalue weighted by Crippen LogP contribution is -2.50. The Morgan fingerprint density at radius 3 is 2.72 bits per heavy atom. The minimum Gasteiger partial charge on any atom is -0.392 e. The molecule has 0 bridgehead atoms. The third kappa shape index (κ3) is 3.11. The molecule has 5 heteroatoms. The van der Waals surface area contributed by atoms with E-state index >= 15 is 0 Å². The maximum Gasteiger partial charge on any atom is 0.270 e. The molecule has 1 fully saturated rings. The number of piperazine rings is 1. The van der Waals surface area contributed by atoms with Crippen LogP contribution in [0.3, 0.4) is 0 Å². The summed E-state index contributed by atoms with van der Waals surface area (Å²) < 4.78 is 0. The van der Waals surface area contributed by atoms with Gasteiger partial charge in [0.1, 0.15) is 5.69 Å². The smallest absolute Gasteiger partial charge is 0.270 e. The average Bonchev–Trinajstić information content (AvgIpc) is 2.92. The molecule has 0 radical (unpaired) electrons. The van der Waals surface area contributed by atoms with Gasteiger partial charge in [0.15, 0.2) is 0 Å². The first-order chi connectivity index (χ1) is 8.70. The van der Waals surface area contributed by atoms with Gasteiger partial charge in [-0.15, -0.1) is 0 Å². The first-order valence-corrected chi connectivity index (χ1v) is 6.53. The molecule has 2 N–H and O–H groups in total. The summed E-state index contributed by atoms with van der Waals surface area (Å²) in [6.45, 7) is 5.83. The van der Waals surface area contributed by atoms with Crippen molar-refractivity contribution in [2.75, 3.05) is 32.7 Å². The lowest BCUT2D eigenvalue weighted by atomic mass is 10.2. The van der Waals surface area contributed by atoms with E-state index in [1.165, 1.54) is 0 Å². The molecule has 0 unspecified atom stereocenters. The number of β-amino-alcohol motifs (C(OH)–C–C–N with tert-alkyl or cyclic N) is 1. The number of aromatic nitrogens is 1. The van der Waals surface area contributed by atoms with Gasteiger partial charge >= 0.3 is 0 Å². The number of hydrogen-bond donors (Lipinski definition) is 2. The highest BCUT2D eigenvalue weighted by atomic mass is 16.3. The summed E-state index contributed by atoms with van der Waals surface area (Å²) in [5, 5.41) is 9.61. The van der Waals surface area contributed by atoms with Crippen molar-refractivity contribution in [3.63, 3.8) is 0 Å².